The second-order valence-electron chi connectivity index (χ2n) is 6.63. The predicted octanol–water partition coefficient (Wildman–Crippen LogP) is 2.68. The van der Waals surface area contributed by atoms with Crippen molar-refractivity contribution >= 4 is 27.0 Å². The lowest BCUT2D eigenvalue weighted by Crippen LogP contribution is -2.22. The maximum absolute atomic E-state index is 12.2. The van der Waals surface area contributed by atoms with Crippen molar-refractivity contribution in [3.8, 4) is 11.3 Å². The van der Waals surface area contributed by atoms with Crippen LogP contribution in [0.15, 0.2) is 76.8 Å². The van der Waals surface area contributed by atoms with Gasteiger partial charge >= 0.3 is 0 Å². The smallest absolute Gasteiger partial charge is 0.248 e. The van der Waals surface area contributed by atoms with E-state index in [0.29, 0.717) is 5.65 Å². The molecule has 3 heterocycles. The highest BCUT2D eigenvalue weighted by Crippen LogP contribution is 2.27. The van der Waals surface area contributed by atoms with Crippen LogP contribution in [0.4, 0.5) is 11.4 Å². The molecule has 0 radical (unpaired) electrons. The molecule has 9 heteroatoms. The van der Waals surface area contributed by atoms with Gasteiger partial charge in [-0.05, 0) is 42.5 Å². The zero-order valence-electron chi connectivity index (χ0n) is 15.8. The molecule has 148 valence electrons. The SMILES string of the molecule is CN(C)S(=O)(=O)c1ccc(Nc2ccc(-c3cc[nH]c(=O)c3)n3ccnc23)cc1. The Morgan fingerprint density at radius 2 is 1.83 bits per heavy atom. The number of nitrogens with zero attached hydrogens (tertiary/aromatic N) is 3. The van der Waals surface area contributed by atoms with Crippen LogP contribution in [-0.2, 0) is 10.0 Å². The first kappa shape index (κ1) is 18.9. The molecule has 0 unspecified atom stereocenters. The van der Waals surface area contributed by atoms with Gasteiger partial charge in [-0.2, -0.15) is 0 Å². The maximum atomic E-state index is 12.2. The quantitative estimate of drug-likeness (QED) is 0.528. The van der Waals surface area contributed by atoms with Crippen molar-refractivity contribution in [3.05, 3.63) is 77.5 Å². The molecule has 8 nitrogen and oxygen atoms in total. The van der Waals surface area contributed by atoms with Crippen LogP contribution in [-0.4, -0.2) is 41.2 Å². The number of H-pyrrole nitrogens is 1. The van der Waals surface area contributed by atoms with Gasteiger partial charge in [-0.15, -0.1) is 0 Å². The molecule has 0 saturated heterocycles. The van der Waals surface area contributed by atoms with E-state index in [9.17, 15) is 13.2 Å². The molecule has 0 fully saturated rings. The Morgan fingerprint density at radius 1 is 1.07 bits per heavy atom. The van der Waals surface area contributed by atoms with Crippen LogP contribution >= 0.6 is 0 Å². The lowest BCUT2D eigenvalue weighted by Gasteiger charge is -2.13. The summed E-state index contributed by atoms with van der Waals surface area (Å²) in [5, 5.41) is 3.27. The van der Waals surface area contributed by atoms with Crippen molar-refractivity contribution in [3.63, 3.8) is 0 Å². The van der Waals surface area contributed by atoms with E-state index in [1.54, 1.807) is 36.7 Å². The third kappa shape index (κ3) is 3.53. The van der Waals surface area contributed by atoms with E-state index in [0.717, 1.165) is 22.6 Å². The molecule has 4 aromatic rings. The summed E-state index contributed by atoms with van der Waals surface area (Å²) in [6.45, 7) is 0. The van der Waals surface area contributed by atoms with Crippen LogP contribution in [0.1, 0.15) is 0 Å². The summed E-state index contributed by atoms with van der Waals surface area (Å²) in [4.78, 5) is 18.9. The Bertz CT molecular complexity index is 1340. The number of hydrogen-bond acceptors (Lipinski definition) is 5. The molecule has 1 aromatic carbocycles. The number of fused-ring (bicyclic) bond motifs is 1. The minimum Gasteiger partial charge on any atom is -0.352 e. The number of aromatic amines is 1. The number of benzene rings is 1. The zero-order valence-corrected chi connectivity index (χ0v) is 16.6. The Balaban J connectivity index is 1.69. The average molecular weight is 409 g/mol. The number of anilines is 2. The molecular formula is C20H19N5O3S. The van der Waals surface area contributed by atoms with Crippen LogP contribution in [0.5, 0.6) is 0 Å². The van der Waals surface area contributed by atoms with Gasteiger partial charge < -0.3 is 10.3 Å². The monoisotopic (exact) mass is 409 g/mol. The number of nitrogens with one attached hydrogen (secondary N) is 2. The fraction of sp³-hybridized carbons (Fsp3) is 0.100. The zero-order chi connectivity index (χ0) is 20.6. The average Bonchev–Trinajstić information content (AvgIpc) is 3.19. The summed E-state index contributed by atoms with van der Waals surface area (Å²) in [5.74, 6) is 0. The van der Waals surface area contributed by atoms with E-state index >= 15 is 0 Å². The molecule has 0 saturated carbocycles. The van der Waals surface area contributed by atoms with Gasteiger partial charge in [0.25, 0.3) is 0 Å². The van der Waals surface area contributed by atoms with Gasteiger partial charge in [-0.25, -0.2) is 17.7 Å². The Labute approximate surface area is 167 Å². The first-order chi connectivity index (χ1) is 13.9. The molecule has 0 atom stereocenters. The van der Waals surface area contributed by atoms with E-state index in [4.69, 9.17) is 0 Å². The van der Waals surface area contributed by atoms with Crippen LogP contribution in [0, 0.1) is 0 Å². The molecule has 3 aromatic heterocycles. The largest absolute Gasteiger partial charge is 0.352 e. The Kier molecular flexibility index (Phi) is 4.69. The van der Waals surface area contributed by atoms with E-state index in [-0.39, 0.29) is 10.5 Å². The highest BCUT2D eigenvalue weighted by Gasteiger charge is 2.17. The van der Waals surface area contributed by atoms with E-state index < -0.39 is 10.0 Å². The van der Waals surface area contributed by atoms with Crippen molar-refractivity contribution in [2.45, 2.75) is 4.90 Å². The third-order valence-corrected chi connectivity index (χ3v) is 6.36. The van der Waals surface area contributed by atoms with Crippen LogP contribution in [0.3, 0.4) is 0 Å². The summed E-state index contributed by atoms with van der Waals surface area (Å²) in [6.07, 6.45) is 5.11. The Hall–Kier alpha value is -3.43. The second kappa shape index (κ2) is 7.19. The minimum atomic E-state index is -3.47. The van der Waals surface area contributed by atoms with Crippen LogP contribution < -0.4 is 10.9 Å². The lowest BCUT2D eigenvalue weighted by atomic mass is 10.1. The molecule has 4 rings (SSSR count). The summed E-state index contributed by atoms with van der Waals surface area (Å²) in [5.41, 5.74) is 3.62. The molecule has 0 bridgehead atoms. The Morgan fingerprint density at radius 3 is 2.52 bits per heavy atom. The van der Waals surface area contributed by atoms with Gasteiger partial charge in [-0.1, -0.05) is 0 Å². The van der Waals surface area contributed by atoms with Gasteiger partial charge in [0, 0.05) is 50.0 Å². The van der Waals surface area contributed by atoms with Gasteiger partial charge in [0.1, 0.15) is 0 Å². The molecule has 0 spiro atoms. The fourth-order valence-electron chi connectivity index (χ4n) is 3.03. The highest BCUT2D eigenvalue weighted by molar-refractivity contribution is 7.89. The number of pyridine rings is 2. The van der Waals surface area contributed by atoms with E-state index in [1.165, 1.54) is 24.5 Å². The number of sulfonamides is 1. The first-order valence-electron chi connectivity index (χ1n) is 8.81. The van der Waals surface area contributed by atoms with Crippen molar-refractivity contribution in [1.82, 2.24) is 18.7 Å². The molecular weight excluding hydrogens is 390 g/mol. The standard InChI is InChI=1S/C20H19N5O3S/c1-24(2)29(27,28)16-5-3-15(4-6-16)23-17-7-8-18(25-12-11-22-20(17)25)14-9-10-21-19(26)13-14/h3-13,23H,1-2H3,(H,21,26). The van der Waals surface area contributed by atoms with Crippen molar-refractivity contribution < 1.29 is 8.42 Å². The van der Waals surface area contributed by atoms with Crippen molar-refractivity contribution in [1.29, 1.82) is 0 Å². The van der Waals surface area contributed by atoms with Crippen LogP contribution in [0.25, 0.3) is 16.9 Å². The summed E-state index contributed by atoms with van der Waals surface area (Å²) in [7, 11) is -0.474. The van der Waals surface area contributed by atoms with Crippen molar-refractivity contribution in [2.75, 3.05) is 19.4 Å². The minimum absolute atomic E-state index is 0.175. The first-order valence-corrected chi connectivity index (χ1v) is 10.2. The fourth-order valence-corrected chi connectivity index (χ4v) is 3.93. The van der Waals surface area contributed by atoms with Crippen LogP contribution in [0.2, 0.25) is 0 Å². The van der Waals surface area contributed by atoms with E-state index in [1.807, 2.05) is 28.8 Å². The number of imidazole rings is 1. The molecule has 0 amide bonds. The summed E-state index contributed by atoms with van der Waals surface area (Å²) >= 11 is 0. The highest BCUT2D eigenvalue weighted by atomic mass is 32.2. The normalized spacial score (nSPS) is 11.8. The lowest BCUT2D eigenvalue weighted by molar-refractivity contribution is 0.521. The van der Waals surface area contributed by atoms with E-state index in [2.05, 4.69) is 15.3 Å². The number of rotatable bonds is 5. The molecule has 29 heavy (non-hydrogen) atoms. The maximum Gasteiger partial charge on any atom is 0.248 e. The summed E-state index contributed by atoms with van der Waals surface area (Å²) in [6, 6.07) is 13.7. The van der Waals surface area contributed by atoms with Gasteiger partial charge in [0.05, 0.1) is 16.3 Å². The second-order valence-corrected chi connectivity index (χ2v) is 8.78. The summed E-state index contributed by atoms with van der Waals surface area (Å²) < 4.78 is 27.5. The number of aromatic nitrogens is 3. The molecule has 0 aliphatic heterocycles. The predicted molar refractivity (Wildman–Crippen MR) is 112 cm³/mol. The molecule has 0 aliphatic carbocycles. The third-order valence-electron chi connectivity index (χ3n) is 4.53. The van der Waals surface area contributed by atoms with Gasteiger partial charge in [0.2, 0.25) is 15.6 Å². The number of hydrogen-bond donors (Lipinski definition) is 2. The molecule has 2 N–H and O–H groups in total. The van der Waals surface area contributed by atoms with Gasteiger partial charge in [0.15, 0.2) is 5.65 Å². The van der Waals surface area contributed by atoms with Gasteiger partial charge in [-0.3, -0.25) is 9.20 Å². The van der Waals surface area contributed by atoms with Crippen molar-refractivity contribution in [2.24, 2.45) is 0 Å². The molecule has 0 aliphatic rings. The topological polar surface area (TPSA) is 99.6 Å².